The normalized spacial score (nSPS) is 23.9. The number of allylic oxidation sites excluding steroid dienone is 3. The fourth-order valence-corrected chi connectivity index (χ4v) is 4.20. The zero-order valence-corrected chi connectivity index (χ0v) is 15.0. The summed E-state index contributed by atoms with van der Waals surface area (Å²) in [7, 11) is 1.72. The third kappa shape index (κ3) is 3.31. The van der Waals surface area contributed by atoms with Crippen LogP contribution in [0, 0.1) is 0 Å². The number of hydrogen-bond acceptors (Lipinski definition) is 2. The van der Waals surface area contributed by atoms with Crippen molar-refractivity contribution in [1.29, 1.82) is 0 Å². The third-order valence-corrected chi connectivity index (χ3v) is 5.47. The van der Waals surface area contributed by atoms with Crippen LogP contribution in [0.15, 0.2) is 46.5 Å². The van der Waals surface area contributed by atoms with Gasteiger partial charge in [0.05, 0.1) is 7.11 Å². The summed E-state index contributed by atoms with van der Waals surface area (Å²) in [4.78, 5) is 2.67. The van der Waals surface area contributed by atoms with E-state index in [0.717, 1.165) is 12.2 Å². The number of nitrogens with zero attached hydrogens (tertiary/aromatic N) is 1. The molecule has 2 nitrogen and oxygen atoms in total. The fourth-order valence-electron chi connectivity index (χ4n) is 3.67. The maximum atomic E-state index is 5.27. The summed E-state index contributed by atoms with van der Waals surface area (Å²) in [6, 6.07) is 9.57. The maximum absolute atomic E-state index is 5.27. The standard InChI is InChI=1S/C19H24BrNO/c1-14(15-8-10-18(22-2)11-9-15)21-12-4-7-19(21)16-5-3-6-17(20)13-16/h6,8-11,13-14,19H,3-5,7,12H2,1-2H3/t14-,19+/m1/s1. The molecule has 0 aromatic heterocycles. The molecule has 1 aromatic carbocycles. The van der Waals surface area contributed by atoms with Crippen LogP contribution < -0.4 is 4.74 Å². The van der Waals surface area contributed by atoms with E-state index in [2.05, 4.69) is 64.2 Å². The molecular formula is C19H24BrNO. The van der Waals surface area contributed by atoms with E-state index >= 15 is 0 Å². The predicted octanol–water partition coefficient (Wildman–Crippen LogP) is 5.22. The Morgan fingerprint density at radius 2 is 2.05 bits per heavy atom. The van der Waals surface area contributed by atoms with E-state index in [1.54, 1.807) is 12.7 Å². The Hall–Kier alpha value is -1.06. The number of methoxy groups -OCH3 is 1. The molecule has 0 spiro atoms. The molecule has 1 saturated heterocycles. The van der Waals surface area contributed by atoms with Crippen LogP contribution in [0.2, 0.25) is 0 Å². The molecule has 22 heavy (non-hydrogen) atoms. The largest absolute Gasteiger partial charge is 0.497 e. The number of likely N-dealkylation sites (tertiary alicyclic amines) is 1. The van der Waals surface area contributed by atoms with Gasteiger partial charge in [0.2, 0.25) is 0 Å². The van der Waals surface area contributed by atoms with Crippen molar-refractivity contribution in [3.63, 3.8) is 0 Å². The molecular weight excluding hydrogens is 338 g/mol. The summed E-state index contributed by atoms with van der Waals surface area (Å²) < 4.78 is 6.52. The molecule has 2 atom stereocenters. The average Bonchev–Trinajstić information content (AvgIpc) is 3.04. The SMILES string of the molecule is COc1ccc([C@@H](C)N2CCC[C@H]2C2=CC(Br)=CCC2)cc1. The van der Waals surface area contributed by atoms with Gasteiger partial charge in [0.15, 0.2) is 0 Å². The molecule has 1 heterocycles. The monoisotopic (exact) mass is 361 g/mol. The lowest BCUT2D eigenvalue weighted by Gasteiger charge is -2.33. The van der Waals surface area contributed by atoms with Crippen molar-refractivity contribution in [2.75, 3.05) is 13.7 Å². The van der Waals surface area contributed by atoms with Crippen LogP contribution >= 0.6 is 15.9 Å². The van der Waals surface area contributed by atoms with Crippen LogP contribution in [0.4, 0.5) is 0 Å². The number of benzene rings is 1. The van der Waals surface area contributed by atoms with Gasteiger partial charge in [0.1, 0.15) is 5.75 Å². The third-order valence-electron chi connectivity index (χ3n) is 4.91. The molecule has 2 aliphatic rings. The first-order chi connectivity index (χ1) is 10.7. The topological polar surface area (TPSA) is 12.5 Å². The van der Waals surface area contributed by atoms with Gasteiger partial charge in [-0.1, -0.05) is 39.7 Å². The van der Waals surface area contributed by atoms with Gasteiger partial charge in [-0.05, 0) is 62.9 Å². The first kappa shape index (κ1) is 15.8. The number of rotatable bonds is 4. The van der Waals surface area contributed by atoms with Crippen molar-refractivity contribution in [1.82, 2.24) is 4.90 Å². The maximum Gasteiger partial charge on any atom is 0.118 e. The molecule has 1 aliphatic heterocycles. The van der Waals surface area contributed by atoms with Crippen LogP contribution in [0.5, 0.6) is 5.75 Å². The fraction of sp³-hybridized carbons (Fsp3) is 0.474. The van der Waals surface area contributed by atoms with E-state index in [0.29, 0.717) is 12.1 Å². The first-order valence-electron chi connectivity index (χ1n) is 8.15. The number of ether oxygens (including phenoxy) is 1. The number of halogens is 1. The molecule has 3 heteroatoms. The van der Waals surface area contributed by atoms with Gasteiger partial charge in [-0.25, -0.2) is 0 Å². The second-order valence-corrected chi connectivity index (χ2v) is 7.11. The van der Waals surface area contributed by atoms with Crippen molar-refractivity contribution >= 4 is 15.9 Å². The molecule has 0 unspecified atom stereocenters. The molecule has 0 bridgehead atoms. The highest BCUT2D eigenvalue weighted by Crippen LogP contribution is 2.36. The van der Waals surface area contributed by atoms with E-state index < -0.39 is 0 Å². The molecule has 1 aromatic rings. The van der Waals surface area contributed by atoms with Crippen molar-refractivity contribution in [3.8, 4) is 5.75 Å². The molecule has 1 aliphatic carbocycles. The van der Waals surface area contributed by atoms with Gasteiger partial charge in [0.25, 0.3) is 0 Å². The summed E-state index contributed by atoms with van der Waals surface area (Å²) in [6.45, 7) is 3.52. The highest BCUT2D eigenvalue weighted by Gasteiger charge is 2.31. The molecule has 0 amide bonds. The minimum Gasteiger partial charge on any atom is -0.497 e. The summed E-state index contributed by atoms with van der Waals surface area (Å²) in [5, 5.41) is 0. The Labute approximate surface area is 142 Å². The first-order valence-corrected chi connectivity index (χ1v) is 8.94. The Bertz CT molecular complexity index is 576. The number of hydrogen-bond donors (Lipinski definition) is 0. The van der Waals surface area contributed by atoms with E-state index in [9.17, 15) is 0 Å². The minimum atomic E-state index is 0.448. The van der Waals surface area contributed by atoms with Crippen LogP contribution in [-0.2, 0) is 0 Å². The lowest BCUT2D eigenvalue weighted by Crippen LogP contribution is -2.33. The van der Waals surface area contributed by atoms with Gasteiger partial charge < -0.3 is 4.74 Å². The predicted molar refractivity (Wildman–Crippen MR) is 95.5 cm³/mol. The van der Waals surface area contributed by atoms with Crippen LogP contribution in [-0.4, -0.2) is 24.6 Å². The van der Waals surface area contributed by atoms with Gasteiger partial charge >= 0.3 is 0 Å². The molecule has 118 valence electrons. The van der Waals surface area contributed by atoms with E-state index in [1.165, 1.54) is 35.9 Å². The van der Waals surface area contributed by atoms with Crippen molar-refractivity contribution in [3.05, 3.63) is 52.0 Å². The quantitative estimate of drug-likeness (QED) is 0.728. The zero-order valence-electron chi connectivity index (χ0n) is 13.4. The summed E-state index contributed by atoms with van der Waals surface area (Å²) in [6.07, 6.45) is 9.55. The minimum absolute atomic E-state index is 0.448. The van der Waals surface area contributed by atoms with Crippen LogP contribution in [0.3, 0.4) is 0 Å². The van der Waals surface area contributed by atoms with Gasteiger partial charge in [-0.3, -0.25) is 4.90 Å². The molecule has 0 radical (unpaired) electrons. The lowest BCUT2D eigenvalue weighted by molar-refractivity contribution is 0.211. The van der Waals surface area contributed by atoms with Gasteiger partial charge in [-0.15, -0.1) is 0 Å². The molecule has 3 rings (SSSR count). The highest BCUT2D eigenvalue weighted by atomic mass is 79.9. The summed E-state index contributed by atoms with van der Waals surface area (Å²) in [5.74, 6) is 0.929. The second kappa shape index (κ2) is 7.01. The average molecular weight is 362 g/mol. The highest BCUT2D eigenvalue weighted by molar-refractivity contribution is 9.11. The smallest absolute Gasteiger partial charge is 0.118 e. The van der Waals surface area contributed by atoms with Crippen molar-refractivity contribution in [2.45, 2.75) is 44.7 Å². The molecule has 1 fully saturated rings. The molecule has 0 saturated carbocycles. The van der Waals surface area contributed by atoms with Gasteiger partial charge in [0, 0.05) is 16.6 Å². The van der Waals surface area contributed by atoms with Crippen molar-refractivity contribution < 1.29 is 4.74 Å². The Morgan fingerprint density at radius 1 is 1.27 bits per heavy atom. The Kier molecular flexibility index (Phi) is 5.04. The van der Waals surface area contributed by atoms with E-state index in [1.807, 2.05) is 0 Å². The molecule has 0 N–H and O–H groups in total. The lowest BCUT2D eigenvalue weighted by atomic mass is 9.94. The van der Waals surface area contributed by atoms with Gasteiger partial charge in [-0.2, -0.15) is 0 Å². The Morgan fingerprint density at radius 3 is 2.73 bits per heavy atom. The van der Waals surface area contributed by atoms with Crippen molar-refractivity contribution in [2.24, 2.45) is 0 Å². The van der Waals surface area contributed by atoms with E-state index in [-0.39, 0.29) is 0 Å². The Balaban J connectivity index is 1.78. The summed E-state index contributed by atoms with van der Waals surface area (Å²) >= 11 is 3.65. The second-order valence-electron chi connectivity index (χ2n) is 6.19. The van der Waals surface area contributed by atoms with Crippen LogP contribution in [0.25, 0.3) is 0 Å². The summed E-state index contributed by atoms with van der Waals surface area (Å²) in [5.41, 5.74) is 2.96. The zero-order chi connectivity index (χ0) is 15.5. The van der Waals surface area contributed by atoms with Crippen LogP contribution in [0.1, 0.15) is 44.2 Å². The van der Waals surface area contributed by atoms with E-state index in [4.69, 9.17) is 4.74 Å².